The predicted molar refractivity (Wildman–Crippen MR) is 233 cm³/mol. The molecule has 3 aromatic carbocycles. The number of hydrogen-bond acceptors (Lipinski definition) is 20. The Morgan fingerprint density at radius 2 is 0.972 bits per heavy atom. The van der Waals surface area contributed by atoms with E-state index in [0.717, 1.165) is 36.4 Å². The van der Waals surface area contributed by atoms with Gasteiger partial charge in [0.2, 0.25) is 23.3 Å². The fourth-order valence-electron chi connectivity index (χ4n) is 4.46. The molecule has 2 amide bonds. The number of hydrazine groups is 2. The molecule has 390 valence electrons. The Balaban J connectivity index is 0.000000510. The maximum absolute atomic E-state index is 12.1. The first kappa shape index (κ1) is 61.3. The third-order valence-corrected chi connectivity index (χ3v) is 7.19. The summed E-state index contributed by atoms with van der Waals surface area (Å²) in [6.07, 6.45) is -14.3. The molecule has 0 aliphatic carbocycles. The summed E-state index contributed by atoms with van der Waals surface area (Å²) in [7, 11) is 0. The maximum atomic E-state index is 12.1. The van der Waals surface area contributed by atoms with Gasteiger partial charge in [0.1, 0.15) is 28.9 Å². The fraction of sp³-hybridized carbons (Fsp3) is 0.211. The Bertz CT molecular complexity index is 2810. The van der Waals surface area contributed by atoms with Crippen LogP contribution >= 0.6 is 12.4 Å². The first-order valence-electron chi connectivity index (χ1n) is 18.1. The molecule has 7 rings (SSSR count). The molecule has 4 heterocycles. The van der Waals surface area contributed by atoms with Gasteiger partial charge < -0.3 is 33.5 Å². The molecule has 0 aliphatic heterocycles. The zero-order valence-electron chi connectivity index (χ0n) is 35.3. The van der Waals surface area contributed by atoms with Gasteiger partial charge in [-0.2, -0.15) is 15.0 Å². The number of carbonyl (C=O) groups excluding carboxylic acids is 2. The molecule has 34 heteroatoms. The quantitative estimate of drug-likeness (QED) is 0.0183. The van der Waals surface area contributed by atoms with Crippen molar-refractivity contribution < 1.29 is 76.9 Å². The Kier molecular flexibility index (Phi) is 22.4. The van der Waals surface area contributed by atoms with Crippen molar-refractivity contribution in [1.29, 1.82) is 10.8 Å². The Hall–Kier alpha value is -8.72. The monoisotopic (exact) mass is 1050 g/mol. The van der Waals surface area contributed by atoms with E-state index in [0.29, 0.717) is 27.5 Å². The molecule has 0 bridgehead atoms. The molecule has 7 aromatic rings. The number of rotatable bonds is 9. The number of carbonyl (C=O) groups is 2. The molecular weight excluding hydrogens is 1010 g/mol. The highest BCUT2D eigenvalue weighted by atomic mass is 35.5. The lowest BCUT2D eigenvalue weighted by Gasteiger charge is -2.10. The van der Waals surface area contributed by atoms with Crippen LogP contribution in [-0.2, 0) is 0 Å². The van der Waals surface area contributed by atoms with Crippen LogP contribution in [-0.4, -0.2) is 93.2 Å². The van der Waals surface area contributed by atoms with Crippen molar-refractivity contribution in [3.05, 3.63) is 90.4 Å². The van der Waals surface area contributed by atoms with E-state index in [1.165, 1.54) is 50.2 Å². The van der Waals surface area contributed by atoms with Gasteiger partial charge in [0.25, 0.3) is 5.89 Å². The van der Waals surface area contributed by atoms with E-state index in [2.05, 4.69) is 64.3 Å². The number of aromatic nitrogens is 9. The highest BCUT2D eigenvalue weighted by Crippen LogP contribution is 2.28. The number of halogens is 10. The standard InChI is InChI=1S/C12H10F3N5O3.C12H8F3N5O2.C10H7F3N4O3.C2H6N2.2CH4.ClH/c1-6(16)20(17)11(21)10-18-9(19-23-10)7-2-4-8(5-3-7)22-12(13,14)15;1-6-16-10(19-18-6)11-17-9(20-22-11)7-2-4-8(5-3-7)21-12(13,14)15;11-10(12,13)19-6-3-1-5(2-4-6)7-15-9(20-17-7)8(18)16-14;1-2(3)4;;;/h2-5,16H,17H2,1H3;2-5H,1H3,(H,16,18,19);1-4H,14H2,(H,16,18);1H3,(H3,3,4);2*1H4;1H. The van der Waals surface area contributed by atoms with E-state index in [1.807, 2.05) is 0 Å². The average molecular weight is 1060 g/mol. The Morgan fingerprint density at radius 1 is 0.625 bits per heavy atom. The lowest BCUT2D eigenvalue weighted by molar-refractivity contribution is -0.275. The van der Waals surface area contributed by atoms with E-state index in [1.54, 1.807) is 12.3 Å². The van der Waals surface area contributed by atoms with Crippen LogP contribution in [0.15, 0.2) is 86.4 Å². The minimum Gasteiger partial charge on any atom is -0.406 e. The average Bonchev–Trinajstić information content (AvgIpc) is 4.11. The second-order valence-electron chi connectivity index (χ2n) is 12.6. The number of amidine groups is 2. The number of nitrogens with zero attached hydrogens (tertiary/aromatic N) is 9. The number of nitrogens with one attached hydrogen (secondary N) is 4. The van der Waals surface area contributed by atoms with Gasteiger partial charge in [0.05, 0.1) is 5.84 Å². The van der Waals surface area contributed by atoms with Crippen LogP contribution in [0.25, 0.3) is 45.9 Å². The van der Waals surface area contributed by atoms with Gasteiger partial charge >= 0.3 is 42.7 Å². The third kappa shape index (κ3) is 19.7. The van der Waals surface area contributed by atoms with E-state index in [9.17, 15) is 49.1 Å². The van der Waals surface area contributed by atoms with Crippen molar-refractivity contribution in [2.75, 3.05) is 0 Å². The summed E-state index contributed by atoms with van der Waals surface area (Å²) in [5.41, 5.74) is 7.61. The lowest BCUT2D eigenvalue weighted by Crippen LogP contribution is -2.40. The number of amides is 2. The van der Waals surface area contributed by atoms with Crippen LogP contribution in [0, 0.1) is 17.7 Å². The predicted octanol–water partition coefficient (Wildman–Crippen LogP) is 7.55. The SMILES string of the molecule is C.C.CC(=N)N.CC(=N)N(N)C(=O)c1nc(-c2ccc(OC(F)(F)F)cc2)no1.Cc1nc(-c2nc(-c3ccc(OC(F)(F)F)cc3)no2)n[nH]1.Cl.NNC(=O)c1nc(-c2ccc(OC(F)(F)F)cc2)no1. The summed E-state index contributed by atoms with van der Waals surface area (Å²) in [4.78, 5) is 38.5. The maximum Gasteiger partial charge on any atom is 0.573 e. The van der Waals surface area contributed by atoms with Gasteiger partial charge in [-0.15, -0.1) is 57.0 Å². The summed E-state index contributed by atoms with van der Waals surface area (Å²) in [5, 5.41) is 31.3. The van der Waals surface area contributed by atoms with Crippen LogP contribution in [0.3, 0.4) is 0 Å². The van der Waals surface area contributed by atoms with Crippen molar-refractivity contribution in [2.45, 2.75) is 54.7 Å². The number of ether oxygens (including phenoxy) is 3. The summed E-state index contributed by atoms with van der Waals surface area (Å²) in [6, 6.07) is 14.5. The smallest absolute Gasteiger partial charge is 0.406 e. The lowest BCUT2D eigenvalue weighted by atomic mass is 10.2. The summed E-state index contributed by atoms with van der Waals surface area (Å²) < 4.78 is 134. The molecule has 10 N–H and O–H groups in total. The number of alkyl halides is 9. The largest absolute Gasteiger partial charge is 0.573 e. The van der Waals surface area contributed by atoms with Gasteiger partial charge in [-0.1, -0.05) is 30.3 Å². The van der Waals surface area contributed by atoms with Gasteiger partial charge in [0.15, 0.2) is 0 Å². The molecule has 0 fully saturated rings. The van der Waals surface area contributed by atoms with Gasteiger partial charge in [-0.25, -0.2) is 21.7 Å². The molecule has 0 aliphatic rings. The summed E-state index contributed by atoms with van der Waals surface area (Å²) >= 11 is 0. The highest BCUT2D eigenvalue weighted by molar-refractivity contribution is 6.01. The molecule has 0 unspecified atom stereocenters. The number of nitrogen functional groups attached to an aromatic ring is 1. The minimum absolute atomic E-state index is 0. The van der Waals surface area contributed by atoms with Crippen LogP contribution in [0.2, 0.25) is 0 Å². The van der Waals surface area contributed by atoms with Crippen LogP contribution < -0.4 is 37.1 Å². The number of benzene rings is 3. The fourth-order valence-corrected chi connectivity index (χ4v) is 4.46. The van der Waals surface area contributed by atoms with Crippen LogP contribution in [0.5, 0.6) is 17.2 Å². The Morgan fingerprint density at radius 3 is 1.31 bits per heavy atom. The molecule has 0 spiro atoms. The number of aromatic amines is 1. The zero-order chi connectivity index (χ0) is 51.3. The number of hydrogen-bond donors (Lipinski definition) is 7. The van der Waals surface area contributed by atoms with E-state index >= 15 is 0 Å². The summed E-state index contributed by atoms with van der Waals surface area (Å²) in [6.45, 7) is 4.53. The van der Waals surface area contributed by atoms with Gasteiger partial charge in [0, 0.05) is 16.7 Å². The third-order valence-electron chi connectivity index (χ3n) is 7.19. The van der Waals surface area contributed by atoms with Crippen molar-refractivity contribution in [1.82, 2.24) is 56.0 Å². The molecule has 0 saturated heterocycles. The molecule has 0 atom stereocenters. The second kappa shape index (κ2) is 26.3. The van der Waals surface area contributed by atoms with Crippen molar-refractivity contribution >= 4 is 35.9 Å². The molecule has 0 saturated carbocycles. The number of H-pyrrole nitrogens is 1. The van der Waals surface area contributed by atoms with Gasteiger partial charge in [-0.3, -0.25) is 30.9 Å². The van der Waals surface area contributed by atoms with E-state index < -0.39 is 42.5 Å². The molecule has 24 nitrogen and oxygen atoms in total. The molecule has 0 radical (unpaired) electrons. The topological polar surface area (TPSA) is 361 Å². The zero-order valence-corrected chi connectivity index (χ0v) is 36.1. The van der Waals surface area contributed by atoms with Crippen molar-refractivity contribution in [3.63, 3.8) is 0 Å². The first-order valence-corrected chi connectivity index (χ1v) is 18.1. The normalized spacial score (nSPS) is 10.6. The number of aryl methyl sites for hydroxylation is 1. The van der Waals surface area contributed by atoms with Gasteiger partial charge in [-0.05, 0) is 93.6 Å². The molecular formula is C38H40ClF9N16O8. The minimum atomic E-state index is -4.79. The molecule has 4 aromatic heterocycles. The van der Waals surface area contributed by atoms with E-state index in [-0.39, 0.29) is 85.5 Å². The van der Waals surface area contributed by atoms with Crippen LogP contribution in [0.1, 0.15) is 55.9 Å². The van der Waals surface area contributed by atoms with Crippen LogP contribution in [0.4, 0.5) is 39.5 Å². The highest BCUT2D eigenvalue weighted by Gasteiger charge is 2.33. The van der Waals surface area contributed by atoms with Crippen molar-refractivity contribution in [3.8, 4) is 63.1 Å². The second-order valence-corrected chi connectivity index (χ2v) is 12.6. The Labute approximate surface area is 404 Å². The first-order chi connectivity index (χ1) is 32.2. The molecule has 72 heavy (non-hydrogen) atoms. The summed E-state index contributed by atoms with van der Waals surface area (Å²) in [5.74, 6) is 7.69. The number of nitrogens with two attached hydrogens (primary N) is 3. The van der Waals surface area contributed by atoms with E-state index in [4.69, 9.17) is 37.3 Å². The van der Waals surface area contributed by atoms with Crippen molar-refractivity contribution in [2.24, 2.45) is 17.4 Å².